The number of hydrogen-bond donors (Lipinski definition) is 0. The number of hydrogen-bond acceptors (Lipinski definition) is 4. The van der Waals surface area contributed by atoms with Crippen LogP contribution in [0.1, 0.15) is 42.9 Å². The van der Waals surface area contributed by atoms with Crippen molar-refractivity contribution in [2.75, 3.05) is 25.0 Å². The number of carbonyl (C=O) groups excluding carboxylic acids is 1. The van der Waals surface area contributed by atoms with Gasteiger partial charge in [0.05, 0.1) is 0 Å². The quantitative estimate of drug-likeness (QED) is 0.776. The first kappa shape index (κ1) is 17.9. The maximum absolute atomic E-state index is 12.8. The average Bonchev–Trinajstić information content (AvgIpc) is 2.60. The minimum Gasteiger partial charge on any atom is -0.337 e. The topological polar surface area (TPSA) is 49.3 Å². The summed E-state index contributed by atoms with van der Waals surface area (Å²) >= 11 is 0. The van der Waals surface area contributed by atoms with Crippen molar-refractivity contribution in [2.24, 2.45) is 0 Å². The molecule has 0 unspecified atom stereocenters. The van der Waals surface area contributed by atoms with Gasteiger partial charge in [-0.2, -0.15) is 0 Å². The third kappa shape index (κ3) is 4.31. The smallest absolute Gasteiger partial charge is 0.272 e. The lowest BCUT2D eigenvalue weighted by atomic mass is 10.2. The van der Waals surface area contributed by atoms with Gasteiger partial charge in [-0.15, -0.1) is 0 Å². The van der Waals surface area contributed by atoms with Gasteiger partial charge in [0.15, 0.2) is 0 Å². The molecule has 0 bridgehead atoms. The van der Waals surface area contributed by atoms with E-state index in [1.165, 1.54) is 0 Å². The highest BCUT2D eigenvalue weighted by Crippen LogP contribution is 2.20. The van der Waals surface area contributed by atoms with Crippen molar-refractivity contribution in [3.8, 4) is 0 Å². The Balaban J connectivity index is 2.32. The molecule has 0 spiro atoms. The van der Waals surface area contributed by atoms with Crippen LogP contribution in [0, 0.1) is 6.92 Å². The monoisotopic (exact) mass is 326 g/mol. The van der Waals surface area contributed by atoms with E-state index in [9.17, 15) is 4.79 Å². The predicted octanol–water partition coefficient (Wildman–Crippen LogP) is 3.82. The van der Waals surface area contributed by atoms with Crippen LogP contribution in [-0.2, 0) is 0 Å². The van der Waals surface area contributed by atoms with Gasteiger partial charge in [-0.05, 0) is 38.0 Å². The molecule has 0 saturated carbocycles. The Morgan fingerprint density at radius 1 is 1.04 bits per heavy atom. The summed E-state index contributed by atoms with van der Waals surface area (Å²) < 4.78 is 0. The van der Waals surface area contributed by atoms with Gasteiger partial charge in [-0.25, -0.2) is 9.97 Å². The Morgan fingerprint density at radius 3 is 2.25 bits per heavy atom. The molecule has 0 aliphatic carbocycles. The molecule has 24 heavy (non-hydrogen) atoms. The number of aryl methyl sites for hydroxylation is 1. The summed E-state index contributed by atoms with van der Waals surface area (Å²) in [6.45, 7) is 7.55. The van der Waals surface area contributed by atoms with E-state index in [1.807, 2.05) is 54.1 Å². The van der Waals surface area contributed by atoms with Gasteiger partial charge in [0, 0.05) is 31.5 Å². The molecule has 1 aromatic heterocycles. The van der Waals surface area contributed by atoms with Gasteiger partial charge in [0.25, 0.3) is 5.91 Å². The molecule has 1 aromatic carbocycles. The molecule has 2 rings (SSSR count). The number of rotatable bonds is 7. The molecule has 1 heterocycles. The lowest BCUT2D eigenvalue weighted by molar-refractivity contribution is 0.0749. The van der Waals surface area contributed by atoms with E-state index in [2.05, 4.69) is 23.8 Å². The van der Waals surface area contributed by atoms with E-state index in [4.69, 9.17) is 0 Å². The Labute approximate surface area is 144 Å². The van der Waals surface area contributed by atoms with Crippen LogP contribution >= 0.6 is 0 Å². The van der Waals surface area contributed by atoms with Gasteiger partial charge in [0.2, 0.25) is 5.95 Å². The number of nitrogens with zero attached hydrogens (tertiary/aromatic N) is 4. The second kappa shape index (κ2) is 8.43. The van der Waals surface area contributed by atoms with Crippen LogP contribution in [0.3, 0.4) is 0 Å². The van der Waals surface area contributed by atoms with Crippen molar-refractivity contribution in [2.45, 2.75) is 33.6 Å². The highest BCUT2D eigenvalue weighted by Gasteiger charge is 2.18. The fourth-order valence-electron chi connectivity index (χ4n) is 2.60. The van der Waals surface area contributed by atoms with Crippen LogP contribution in [0.4, 0.5) is 11.6 Å². The van der Waals surface area contributed by atoms with E-state index in [1.54, 1.807) is 6.07 Å². The number of aromatic nitrogens is 2. The van der Waals surface area contributed by atoms with Gasteiger partial charge < -0.3 is 9.80 Å². The zero-order chi connectivity index (χ0) is 17.5. The molecule has 5 nitrogen and oxygen atoms in total. The van der Waals surface area contributed by atoms with Gasteiger partial charge in [-0.1, -0.05) is 32.0 Å². The average molecular weight is 326 g/mol. The summed E-state index contributed by atoms with van der Waals surface area (Å²) in [5.74, 6) is 0.518. The second-order valence-corrected chi connectivity index (χ2v) is 5.88. The van der Waals surface area contributed by atoms with Crippen LogP contribution in [0.15, 0.2) is 36.4 Å². The molecule has 1 amide bonds. The third-order valence-corrected chi connectivity index (χ3v) is 3.78. The molecular weight excluding hydrogens is 300 g/mol. The molecule has 0 saturated heterocycles. The fourth-order valence-corrected chi connectivity index (χ4v) is 2.60. The first-order valence-electron chi connectivity index (χ1n) is 8.50. The highest BCUT2D eigenvalue weighted by molar-refractivity contribution is 5.92. The van der Waals surface area contributed by atoms with E-state index < -0.39 is 0 Å². The first-order chi connectivity index (χ1) is 11.6. The number of amides is 1. The summed E-state index contributed by atoms with van der Waals surface area (Å²) in [4.78, 5) is 25.6. The summed E-state index contributed by atoms with van der Waals surface area (Å²) in [7, 11) is 1.91. The Bertz CT molecular complexity index is 666. The Hall–Kier alpha value is -2.43. The lowest BCUT2D eigenvalue weighted by Gasteiger charge is -2.22. The molecule has 0 radical (unpaired) electrons. The van der Waals surface area contributed by atoms with Crippen molar-refractivity contribution in [3.63, 3.8) is 0 Å². The van der Waals surface area contributed by atoms with Crippen molar-refractivity contribution >= 4 is 17.5 Å². The predicted molar refractivity (Wildman–Crippen MR) is 97.8 cm³/mol. The molecule has 2 aromatic rings. The summed E-state index contributed by atoms with van der Waals surface area (Å²) in [6, 6.07) is 11.7. The Morgan fingerprint density at radius 2 is 1.67 bits per heavy atom. The molecule has 0 aliphatic heterocycles. The van der Waals surface area contributed by atoms with Crippen LogP contribution < -0.4 is 4.90 Å². The maximum Gasteiger partial charge on any atom is 0.272 e. The minimum absolute atomic E-state index is 0.0214. The van der Waals surface area contributed by atoms with E-state index in [0.717, 1.165) is 37.3 Å². The van der Waals surface area contributed by atoms with Gasteiger partial charge >= 0.3 is 0 Å². The number of anilines is 2. The molecular formula is C19H26N4O. The van der Waals surface area contributed by atoms with E-state index in [0.29, 0.717) is 11.6 Å². The highest BCUT2D eigenvalue weighted by atomic mass is 16.2. The standard InChI is InChI=1S/C19H26N4O/c1-5-12-23(13-6-2)18(24)17-14-15(3)20-19(21-17)22(4)16-10-8-7-9-11-16/h7-11,14H,5-6,12-13H2,1-4H3. The maximum atomic E-state index is 12.8. The van der Waals surface area contributed by atoms with E-state index in [-0.39, 0.29) is 5.91 Å². The SMILES string of the molecule is CCCN(CCC)C(=O)c1cc(C)nc(N(C)c2ccccc2)n1. The number of carbonyl (C=O) groups is 1. The van der Waals surface area contributed by atoms with Crippen molar-refractivity contribution in [1.82, 2.24) is 14.9 Å². The van der Waals surface area contributed by atoms with Gasteiger partial charge in [0.1, 0.15) is 5.69 Å². The van der Waals surface area contributed by atoms with Crippen LogP contribution in [-0.4, -0.2) is 40.9 Å². The molecule has 0 N–H and O–H groups in total. The molecule has 0 aliphatic rings. The largest absolute Gasteiger partial charge is 0.337 e. The number of para-hydroxylation sites is 1. The van der Waals surface area contributed by atoms with Crippen LogP contribution in [0.25, 0.3) is 0 Å². The molecule has 128 valence electrons. The first-order valence-corrected chi connectivity index (χ1v) is 8.50. The van der Waals surface area contributed by atoms with Crippen molar-refractivity contribution in [3.05, 3.63) is 47.8 Å². The zero-order valence-corrected chi connectivity index (χ0v) is 15.0. The summed E-state index contributed by atoms with van der Waals surface area (Å²) in [6.07, 6.45) is 1.87. The van der Waals surface area contributed by atoms with Crippen LogP contribution in [0.5, 0.6) is 0 Å². The molecule has 5 heteroatoms. The Kier molecular flexibility index (Phi) is 6.29. The fraction of sp³-hybridized carbons (Fsp3) is 0.421. The zero-order valence-electron chi connectivity index (χ0n) is 15.0. The van der Waals surface area contributed by atoms with E-state index >= 15 is 0 Å². The minimum atomic E-state index is -0.0214. The van der Waals surface area contributed by atoms with Crippen molar-refractivity contribution < 1.29 is 4.79 Å². The third-order valence-electron chi connectivity index (χ3n) is 3.78. The summed E-state index contributed by atoms with van der Waals surface area (Å²) in [5.41, 5.74) is 2.24. The summed E-state index contributed by atoms with van der Waals surface area (Å²) in [5, 5.41) is 0. The lowest BCUT2D eigenvalue weighted by Crippen LogP contribution is -2.33. The second-order valence-electron chi connectivity index (χ2n) is 5.88. The van der Waals surface area contributed by atoms with Crippen molar-refractivity contribution in [1.29, 1.82) is 0 Å². The molecule has 0 atom stereocenters. The number of benzene rings is 1. The normalized spacial score (nSPS) is 10.5. The van der Waals surface area contributed by atoms with Gasteiger partial charge in [-0.3, -0.25) is 4.79 Å². The molecule has 0 fully saturated rings. The van der Waals surface area contributed by atoms with Crippen LogP contribution in [0.2, 0.25) is 0 Å².